The highest BCUT2D eigenvalue weighted by atomic mass is 79.9. The molecule has 17 heavy (non-hydrogen) atoms. The van der Waals surface area contributed by atoms with Crippen LogP contribution in [-0.2, 0) is 0 Å². The van der Waals surface area contributed by atoms with Gasteiger partial charge in [-0.1, -0.05) is 38.8 Å². The third-order valence-electron chi connectivity index (χ3n) is 2.50. The highest BCUT2D eigenvalue weighted by molar-refractivity contribution is 9.11. The second-order valence-corrected chi connectivity index (χ2v) is 6.36. The monoisotopic (exact) mass is 373 g/mol. The smallest absolute Gasteiger partial charge is 0.0585 e. The van der Waals surface area contributed by atoms with E-state index in [1.54, 1.807) is 11.3 Å². The molecule has 4 heteroatoms. The molecule has 0 fully saturated rings. The summed E-state index contributed by atoms with van der Waals surface area (Å²) in [6, 6.07) is 8.82. The Morgan fingerprint density at radius 1 is 1.18 bits per heavy atom. The van der Waals surface area contributed by atoms with E-state index < -0.39 is 0 Å². The Balaban J connectivity index is 2.38. The first-order valence-corrected chi connectivity index (χ1v) is 7.95. The molecule has 0 aliphatic carbocycles. The van der Waals surface area contributed by atoms with Crippen LogP contribution >= 0.6 is 43.2 Å². The van der Waals surface area contributed by atoms with Gasteiger partial charge in [0.15, 0.2) is 0 Å². The zero-order chi connectivity index (χ0) is 12.3. The topological polar surface area (TPSA) is 12.0 Å². The summed E-state index contributed by atoms with van der Waals surface area (Å²) in [4.78, 5) is 0. The van der Waals surface area contributed by atoms with Gasteiger partial charge in [-0.15, -0.1) is 0 Å². The fraction of sp³-hybridized carbons (Fsp3) is 0.231. The number of hydrogen-bond donors (Lipinski definition) is 1. The van der Waals surface area contributed by atoms with E-state index in [0.29, 0.717) is 0 Å². The van der Waals surface area contributed by atoms with Gasteiger partial charge in [-0.25, -0.2) is 0 Å². The highest BCUT2D eigenvalue weighted by Gasteiger charge is 2.14. The molecule has 90 valence electrons. The minimum Gasteiger partial charge on any atom is -0.307 e. The van der Waals surface area contributed by atoms with Gasteiger partial charge in [0, 0.05) is 8.95 Å². The van der Waals surface area contributed by atoms with Crippen molar-refractivity contribution in [2.75, 3.05) is 6.54 Å². The molecule has 1 N–H and O–H groups in total. The average molecular weight is 375 g/mol. The number of thiophene rings is 1. The molecular formula is C13H13Br2NS. The largest absolute Gasteiger partial charge is 0.307 e. The van der Waals surface area contributed by atoms with Gasteiger partial charge in [-0.3, -0.25) is 0 Å². The Kier molecular flexibility index (Phi) is 4.79. The van der Waals surface area contributed by atoms with Crippen molar-refractivity contribution in [2.45, 2.75) is 13.0 Å². The van der Waals surface area contributed by atoms with E-state index in [9.17, 15) is 0 Å². The van der Waals surface area contributed by atoms with Crippen LogP contribution in [0.5, 0.6) is 0 Å². The van der Waals surface area contributed by atoms with Crippen LogP contribution in [0, 0.1) is 0 Å². The quantitative estimate of drug-likeness (QED) is 0.796. The minimum absolute atomic E-state index is 0.264. The molecule has 1 atom stereocenters. The number of halogens is 2. The number of benzene rings is 1. The van der Waals surface area contributed by atoms with Gasteiger partial charge >= 0.3 is 0 Å². The lowest BCUT2D eigenvalue weighted by Crippen LogP contribution is -2.21. The molecule has 0 radical (unpaired) electrons. The van der Waals surface area contributed by atoms with Crippen molar-refractivity contribution < 1.29 is 0 Å². The molecule has 0 saturated carbocycles. The maximum Gasteiger partial charge on any atom is 0.0585 e. The summed E-state index contributed by atoms with van der Waals surface area (Å²) in [5.74, 6) is 0. The molecule has 2 aromatic rings. The summed E-state index contributed by atoms with van der Waals surface area (Å²) in [6.45, 7) is 3.08. The maximum absolute atomic E-state index is 3.54. The Bertz CT molecular complexity index is 462. The van der Waals surface area contributed by atoms with Crippen molar-refractivity contribution >= 4 is 43.2 Å². The van der Waals surface area contributed by atoms with E-state index in [0.717, 1.165) is 15.5 Å². The van der Waals surface area contributed by atoms with Crippen LogP contribution in [0.2, 0.25) is 0 Å². The van der Waals surface area contributed by atoms with Crippen molar-refractivity contribution in [3.8, 4) is 0 Å². The van der Waals surface area contributed by atoms with Gasteiger partial charge in [0.2, 0.25) is 0 Å². The van der Waals surface area contributed by atoms with Crippen molar-refractivity contribution in [2.24, 2.45) is 0 Å². The lowest BCUT2D eigenvalue weighted by Gasteiger charge is -2.18. The molecule has 0 bridgehead atoms. The molecule has 1 heterocycles. The lowest BCUT2D eigenvalue weighted by atomic mass is 10.0. The maximum atomic E-state index is 3.54. The molecule has 1 nitrogen and oxygen atoms in total. The molecule has 1 aromatic heterocycles. The number of nitrogens with one attached hydrogen (secondary N) is 1. The van der Waals surface area contributed by atoms with E-state index >= 15 is 0 Å². The van der Waals surface area contributed by atoms with Crippen molar-refractivity contribution in [3.05, 3.63) is 55.1 Å². The SMILES string of the molecule is CCNC(c1ccsc1)c1cc(Br)cc(Br)c1. The van der Waals surface area contributed by atoms with Gasteiger partial charge in [-0.05, 0) is 52.7 Å². The van der Waals surface area contributed by atoms with Gasteiger partial charge in [0.25, 0.3) is 0 Å². The van der Waals surface area contributed by atoms with Crippen LogP contribution in [0.4, 0.5) is 0 Å². The summed E-state index contributed by atoms with van der Waals surface area (Å²) in [5.41, 5.74) is 2.59. The highest BCUT2D eigenvalue weighted by Crippen LogP contribution is 2.29. The van der Waals surface area contributed by atoms with E-state index in [-0.39, 0.29) is 6.04 Å². The summed E-state index contributed by atoms with van der Waals surface area (Å²) in [6.07, 6.45) is 0. The van der Waals surface area contributed by atoms with Crippen LogP contribution < -0.4 is 5.32 Å². The predicted molar refractivity (Wildman–Crippen MR) is 81.7 cm³/mol. The molecule has 2 rings (SSSR count). The van der Waals surface area contributed by atoms with Gasteiger partial charge in [0.05, 0.1) is 6.04 Å². The number of hydrogen-bond acceptors (Lipinski definition) is 2. The summed E-state index contributed by atoms with van der Waals surface area (Å²) in [5, 5.41) is 7.84. The molecule has 0 aliphatic rings. The van der Waals surface area contributed by atoms with Crippen LogP contribution in [-0.4, -0.2) is 6.54 Å². The van der Waals surface area contributed by atoms with Gasteiger partial charge < -0.3 is 5.32 Å². The van der Waals surface area contributed by atoms with Crippen LogP contribution in [0.25, 0.3) is 0 Å². The molecule has 0 amide bonds. The molecule has 0 aliphatic heterocycles. The third-order valence-corrected chi connectivity index (χ3v) is 4.12. The van der Waals surface area contributed by atoms with Crippen LogP contribution in [0.1, 0.15) is 24.1 Å². The number of rotatable bonds is 4. The minimum atomic E-state index is 0.264. The van der Waals surface area contributed by atoms with Crippen molar-refractivity contribution in [1.82, 2.24) is 5.32 Å². The first-order chi connectivity index (χ1) is 8.20. The van der Waals surface area contributed by atoms with Gasteiger partial charge in [-0.2, -0.15) is 11.3 Å². The predicted octanol–water partition coefficient (Wildman–Crippen LogP) is 4.97. The average Bonchev–Trinajstić information content (AvgIpc) is 2.77. The Morgan fingerprint density at radius 2 is 1.88 bits per heavy atom. The van der Waals surface area contributed by atoms with E-state index in [1.165, 1.54) is 11.1 Å². The third kappa shape index (κ3) is 3.41. The first kappa shape index (κ1) is 13.3. The van der Waals surface area contributed by atoms with Crippen molar-refractivity contribution in [3.63, 3.8) is 0 Å². The normalized spacial score (nSPS) is 12.6. The second-order valence-electron chi connectivity index (χ2n) is 3.75. The lowest BCUT2D eigenvalue weighted by molar-refractivity contribution is 0.632. The molecule has 1 unspecified atom stereocenters. The Labute approximate surface area is 123 Å². The summed E-state index contributed by atoms with van der Waals surface area (Å²) < 4.78 is 2.19. The zero-order valence-electron chi connectivity index (χ0n) is 9.41. The van der Waals surface area contributed by atoms with E-state index in [2.05, 4.69) is 79.1 Å². The Morgan fingerprint density at radius 3 is 2.41 bits per heavy atom. The van der Waals surface area contributed by atoms with Crippen LogP contribution in [0.3, 0.4) is 0 Å². The molecule has 0 saturated heterocycles. The fourth-order valence-corrected chi connectivity index (χ4v) is 3.83. The fourth-order valence-electron chi connectivity index (χ4n) is 1.81. The second kappa shape index (κ2) is 6.14. The summed E-state index contributed by atoms with van der Waals surface area (Å²) >= 11 is 8.81. The Hall–Kier alpha value is -0.160. The van der Waals surface area contributed by atoms with Crippen molar-refractivity contribution in [1.29, 1.82) is 0 Å². The molecule has 1 aromatic carbocycles. The van der Waals surface area contributed by atoms with Crippen LogP contribution in [0.15, 0.2) is 44.0 Å². The van der Waals surface area contributed by atoms with E-state index in [4.69, 9.17) is 0 Å². The van der Waals surface area contributed by atoms with Gasteiger partial charge in [0.1, 0.15) is 0 Å². The summed E-state index contributed by atoms with van der Waals surface area (Å²) in [7, 11) is 0. The zero-order valence-corrected chi connectivity index (χ0v) is 13.4. The molecular weight excluding hydrogens is 362 g/mol. The standard InChI is InChI=1S/C13H13Br2NS/c1-2-16-13(9-3-4-17-8-9)10-5-11(14)7-12(15)6-10/h3-8,13,16H,2H2,1H3. The molecule has 0 spiro atoms. The first-order valence-electron chi connectivity index (χ1n) is 5.42. The van der Waals surface area contributed by atoms with E-state index in [1.807, 2.05) is 0 Å².